The molecule has 1 aromatic heterocycles. The van der Waals surface area contributed by atoms with E-state index in [-0.39, 0.29) is 30.8 Å². The van der Waals surface area contributed by atoms with Gasteiger partial charge >= 0.3 is 0 Å². The number of benzene rings is 2. The summed E-state index contributed by atoms with van der Waals surface area (Å²) in [7, 11) is 0. The molecule has 2 N–H and O–H groups in total. The lowest BCUT2D eigenvalue weighted by Crippen LogP contribution is -2.32. The van der Waals surface area contributed by atoms with Crippen molar-refractivity contribution in [2.45, 2.75) is 19.4 Å². The molecule has 0 spiro atoms. The third kappa shape index (κ3) is 5.29. The first-order valence-corrected chi connectivity index (χ1v) is 9.73. The van der Waals surface area contributed by atoms with E-state index in [1.54, 1.807) is 36.8 Å². The molecule has 2 amide bonds. The summed E-state index contributed by atoms with van der Waals surface area (Å²) >= 11 is 3.33. The summed E-state index contributed by atoms with van der Waals surface area (Å²) in [6.45, 7) is 2.22. The number of hydrogen-bond acceptors (Lipinski definition) is 3. The number of nitrogens with zero attached hydrogens (tertiary/aromatic N) is 2. The average molecular weight is 441 g/mol. The molecule has 6 nitrogen and oxygen atoms in total. The Morgan fingerprint density at radius 1 is 1.11 bits per heavy atom. The van der Waals surface area contributed by atoms with Gasteiger partial charge in [-0.1, -0.05) is 28.1 Å². The summed E-state index contributed by atoms with van der Waals surface area (Å²) in [4.78, 5) is 28.2. The SMILES string of the molecule is C[C@H](NC(=O)CCNC(=O)c1ccc(Br)cc1)c1ccc(-n2ccnc2)cc1. The molecular weight excluding hydrogens is 420 g/mol. The number of carbonyl (C=O) groups is 2. The largest absolute Gasteiger partial charge is 0.352 e. The minimum absolute atomic E-state index is 0.109. The molecule has 0 radical (unpaired) electrons. The summed E-state index contributed by atoms with van der Waals surface area (Å²) < 4.78 is 2.83. The highest BCUT2D eigenvalue weighted by molar-refractivity contribution is 9.10. The molecule has 1 heterocycles. The van der Waals surface area contributed by atoms with Crippen LogP contribution in [0.5, 0.6) is 0 Å². The zero-order valence-corrected chi connectivity index (χ0v) is 17.0. The molecule has 0 unspecified atom stereocenters. The van der Waals surface area contributed by atoms with Gasteiger partial charge < -0.3 is 15.2 Å². The highest BCUT2D eigenvalue weighted by atomic mass is 79.9. The first kappa shape index (κ1) is 19.8. The van der Waals surface area contributed by atoms with Crippen LogP contribution >= 0.6 is 15.9 Å². The third-order valence-electron chi connectivity index (χ3n) is 4.32. The molecule has 0 saturated heterocycles. The van der Waals surface area contributed by atoms with E-state index in [9.17, 15) is 9.59 Å². The van der Waals surface area contributed by atoms with Gasteiger partial charge in [-0.3, -0.25) is 9.59 Å². The van der Waals surface area contributed by atoms with Gasteiger partial charge in [-0.15, -0.1) is 0 Å². The Hall–Kier alpha value is -2.93. The van der Waals surface area contributed by atoms with Crippen LogP contribution in [0.25, 0.3) is 5.69 Å². The summed E-state index contributed by atoms with van der Waals surface area (Å²) in [5.41, 5.74) is 2.58. The van der Waals surface area contributed by atoms with Gasteiger partial charge in [0.15, 0.2) is 0 Å². The van der Waals surface area contributed by atoms with E-state index in [2.05, 4.69) is 31.5 Å². The van der Waals surface area contributed by atoms with Gasteiger partial charge in [0.05, 0.1) is 12.4 Å². The average Bonchev–Trinajstić information content (AvgIpc) is 3.23. The van der Waals surface area contributed by atoms with Crippen molar-refractivity contribution in [1.82, 2.24) is 20.2 Å². The first-order chi connectivity index (χ1) is 13.5. The number of halogens is 1. The molecule has 0 fully saturated rings. The number of amides is 2. The lowest BCUT2D eigenvalue weighted by molar-refractivity contribution is -0.121. The Morgan fingerprint density at radius 2 is 1.82 bits per heavy atom. The normalized spacial score (nSPS) is 11.6. The number of imidazole rings is 1. The van der Waals surface area contributed by atoms with E-state index in [0.717, 1.165) is 15.7 Å². The van der Waals surface area contributed by atoms with E-state index in [1.165, 1.54) is 0 Å². The number of nitrogens with one attached hydrogen (secondary N) is 2. The molecule has 0 aliphatic rings. The van der Waals surface area contributed by atoms with Crippen molar-refractivity contribution < 1.29 is 9.59 Å². The third-order valence-corrected chi connectivity index (χ3v) is 4.85. The summed E-state index contributed by atoms with van der Waals surface area (Å²) in [5.74, 6) is -0.300. The maximum atomic E-state index is 12.2. The highest BCUT2D eigenvalue weighted by Crippen LogP contribution is 2.16. The van der Waals surface area contributed by atoms with Crippen molar-refractivity contribution in [2.24, 2.45) is 0 Å². The minimum atomic E-state index is -0.191. The quantitative estimate of drug-likeness (QED) is 0.588. The number of carbonyl (C=O) groups excluding carboxylic acids is 2. The molecular formula is C21H21BrN4O2. The molecule has 2 aromatic carbocycles. The maximum Gasteiger partial charge on any atom is 0.251 e. The fraction of sp³-hybridized carbons (Fsp3) is 0.190. The Balaban J connectivity index is 1.45. The molecule has 3 aromatic rings. The van der Waals surface area contributed by atoms with Gasteiger partial charge in [-0.05, 0) is 48.9 Å². The Morgan fingerprint density at radius 3 is 2.46 bits per heavy atom. The van der Waals surface area contributed by atoms with Gasteiger partial charge in [0.2, 0.25) is 5.91 Å². The van der Waals surface area contributed by atoms with Crippen molar-refractivity contribution in [3.8, 4) is 5.69 Å². The molecule has 7 heteroatoms. The lowest BCUT2D eigenvalue weighted by atomic mass is 10.1. The Bertz CT molecular complexity index is 922. The second-order valence-electron chi connectivity index (χ2n) is 6.36. The zero-order valence-electron chi connectivity index (χ0n) is 15.4. The summed E-state index contributed by atoms with van der Waals surface area (Å²) in [6.07, 6.45) is 5.57. The van der Waals surface area contributed by atoms with E-state index >= 15 is 0 Å². The van der Waals surface area contributed by atoms with Crippen molar-refractivity contribution in [3.05, 3.63) is 82.9 Å². The van der Waals surface area contributed by atoms with Crippen molar-refractivity contribution in [1.29, 1.82) is 0 Å². The van der Waals surface area contributed by atoms with Crippen LogP contribution in [-0.4, -0.2) is 27.9 Å². The van der Waals surface area contributed by atoms with E-state index in [0.29, 0.717) is 5.56 Å². The minimum Gasteiger partial charge on any atom is -0.352 e. The van der Waals surface area contributed by atoms with Gasteiger partial charge in [0.25, 0.3) is 5.91 Å². The molecule has 0 aliphatic carbocycles. The Labute approximate surface area is 172 Å². The summed E-state index contributed by atoms with van der Waals surface area (Å²) in [5, 5.41) is 5.72. The maximum absolute atomic E-state index is 12.2. The fourth-order valence-electron chi connectivity index (χ4n) is 2.74. The van der Waals surface area contributed by atoms with Crippen LogP contribution < -0.4 is 10.6 Å². The van der Waals surface area contributed by atoms with E-state index in [1.807, 2.05) is 42.0 Å². The Kier molecular flexibility index (Phi) is 6.60. The molecule has 0 bridgehead atoms. The predicted octanol–water partition coefficient (Wildman–Crippen LogP) is 3.63. The molecule has 0 saturated carbocycles. The molecule has 28 heavy (non-hydrogen) atoms. The first-order valence-electron chi connectivity index (χ1n) is 8.94. The van der Waals surface area contributed by atoms with Gasteiger partial charge in [0.1, 0.15) is 0 Å². The topological polar surface area (TPSA) is 76.0 Å². The molecule has 144 valence electrons. The van der Waals surface area contributed by atoms with Crippen LogP contribution in [0, 0.1) is 0 Å². The van der Waals surface area contributed by atoms with Crippen molar-refractivity contribution >= 4 is 27.7 Å². The standard InChI is InChI=1S/C21H21BrN4O2/c1-15(16-4-8-19(9-5-16)26-13-12-23-14-26)25-20(27)10-11-24-21(28)17-2-6-18(22)7-3-17/h2-9,12-15H,10-11H2,1H3,(H,24,28)(H,25,27)/t15-/m0/s1. The number of hydrogen-bond donors (Lipinski definition) is 2. The number of rotatable bonds is 7. The highest BCUT2D eigenvalue weighted by Gasteiger charge is 2.11. The predicted molar refractivity (Wildman–Crippen MR) is 111 cm³/mol. The molecule has 1 atom stereocenters. The van der Waals surface area contributed by atoms with Crippen LogP contribution in [0.4, 0.5) is 0 Å². The van der Waals surface area contributed by atoms with E-state index < -0.39 is 0 Å². The van der Waals surface area contributed by atoms with Gasteiger partial charge in [-0.25, -0.2) is 4.98 Å². The van der Waals surface area contributed by atoms with Crippen LogP contribution in [0.15, 0.2) is 71.7 Å². The van der Waals surface area contributed by atoms with Crippen molar-refractivity contribution in [2.75, 3.05) is 6.54 Å². The van der Waals surface area contributed by atoms with Crippen molar-refractivity contribution in [3.63, 3.8) is 0 Å². The number of aromatic nitrogens is 2. The second kappa shape index (κ2) is 9.32. The fourth-order valence-corrected chi connectivity index (χ4v) is 3.00. The van der Waals surface area contributed by atoms with Crippen LogP contribution in [0.2, 0.25) is 0 Å². The van der Waals surface area contributed by atoms with Gasteiger partial charge in [-0.2, -0.15) is 0 Å². The summed E-state index contributed by atoms with van der Waals surface area (Å²) in [6, 6.07) is 14.9. The lowest BCUT2D eigenvalue weighted by Gasteiger charge is -2.15. The zero-order chi connectivity index (χ0) is 19.9. The van der Waals surface area contributed by atoms with Crippen LogP contribution in [0.1, 0.15) is 35.3 Å². The van der Waals surface area contributed by atoms with E-state index in [4.69, 9.17) is 0 Å². The smallest absolute Gasteiger partial charge is 0.251 e. The van der Waals surface area contributed by atoms with Gasteiger partial charge in [0, 0.05) is 41.1 Å². The molecule has 3 rings (SSSR count). The molecule has 0 aliphatic heterocycles. The second-order valence-corrected chi connectivity index (χ2v) is 7.28. The van der Waals surface area contributed by atoms with Crippen LogP contribution in [0.3, 0.4) is 0 Å². The van der Waals surface area contributed by atoms with Crippen LogP contribution in [-0.2, 0) is 4.79 Å². The monoisotopic (exact) mass is 440 g/mol.